The second-order valence-electron chi connectivity index (χ2n) is 8.21. The summed E-state index contributed by atoms with van der Waals surface area (Å²) in [5.74, 6) is -2.60. The number of benzene rings is 1. The molecule has 1 aromatic carbocycles. The molecule has 8 heteroatoms. The summed E-state index contributed by atoms with van der Waals surface area (Å²) in [5.41, 5.74) is 1.85. The summed E-state index contributed by atoms with van der Waals surface area (Å²) in [4.78, 5) is 44.0. The molecule has 2 N–H and O–H groups in total. The number of aromatic nitrogens is 1. The lowest BCUT2D eigenvalue weighted by atomic mass is 9.94. The SMILES string of the molecule is CC[NH+](CC)CCN1C(=O)C(=O)C(=C([O-])c2c(C)[nH]c(C(=O)OC)c2C)C1c1ccccc1. The van der Waals surface area contributed by atoms with Crippen LogP contribution in [0.25, 0.3) is 5.76 Å². The summed E-state index contributed by atoms with van der Waals surface area (Å²) < 4.78 is 4.79. The maximum absolute atomic E-state index is 13.7. The number of carbonyl (C=O) groups is 3. The van der Waals surface area contributed by atoms with Crippen molar-refractivity contribution in [3.63, 3.8) is 0 Å². The van der Waals surface area contributed by atoms with Crippen LogP contribution in [0.2, 0.25) is 0 Å². The fourth-order valence-electron chi connectivity index (χ4n) is 4.50. The van der Waals surface area contributed by atoms with Crippen LogP contribution in [0.4, 0.5) is 0 Å². The molecule has 1 atom stereocenters. The minimum Gasteiger partial charge on any atom is -0.872 e. The number of amides is 1. The van der Waals surface area contributed by atoms with Crippen LogP contribution in [0.1, 0.15) is 52.8 Å². The third kappa shape index (κ3) is 4.43. The number of hydrogen-bond donors (Lipinski definition) is 2. The summed E-state index contributed by atoms with van der Waals surface area (Å²) in [6, 6.07) is 8.34. The van der Waals surface area contributed by atoms with Gasteiger partial charge in [0.1, 0.15) is 5.69 Å². The first-order chi connectivity index (χ1) is 15.8. The quantitative estimate of drug-likeness (QED) is 0.263. The van der Waals surface area contributed by atoms with Crippen molar-refractivity contribution in [2.75, 3.05) is 33.3 Å². The number of ketones is 1. The number of aromatic amines is 1. The second-order valence-corrected chi connectivity index (χ2v) is 8.21. The van der Waals surface area contributed by atoms with Gasteiger partial charge in [-0.1, -0.05) is 36.1 Å². The van der Waals surface area contributed by atoms with Crippen molar-refractivity contribution in [1.29, 1.82) is 0 Å². The minimum absolute atomic E-state index is 0.0811. The van der Waals surface area contributed by atoms with Gasteiger partial charge in [-0.3, -0.25) is 9.59 Å². The lowest BCUT2D eigenvalue weighted by Crippen LogP contribution is -3.12. The van der Waals surface area contributed by atoms with E-state index in [9.17, 15) is 19.5 Å². The molecular formula is C25H31N3O5. The van der Waals surface area contributed by atoms with Crippen molar-refractivity contribution >= 4 is 23.4 Å². The van der Waals surface area contributed by atoms with Gasteiger partial charge < -0.3 is 24.6 Å². The molecule has 1 aromatic heterocycles. The number of quaternary nitrogens is 1. The Labute approximate surface area is 193 Å². The summed E-state index contributed by atoms with van der Waals surface area (Å²) >= 11 is 0. The van der Waals surface area contributed by atoms with Crippen molar-refractivity contribution in [2.45, 2.75) is 33.7 Å². The predicted molar refractivity (Wildman–Crippen MR) is 121 cm³/mol. The molecule has 0 bridgehead atoms. The van der Waals surface area contributed by atoms with E-state index in [0.29, 0.717) is 29.9 Å². The molecule has 0 saturated carbocycles. The van der Waals surface area contributed by atoms with E-state index in [2.05, 4.69) is 18.8 Å². The van der Waals surface area contributed by atoms with Crippen LogP contribution >= 0.6 is 0 Å². The number of rotatable bonds is 8. The van der Waals surface area contributed by atoms with Gasteiger partial charge in [0.2, 0.25) is 5.78 Å². The second kappa shape index (κ2) is 10.0. The van der Waals surface area contributed by atoms with E-state index in [1.807, 2.05) is 30.3 Å². The Morgan fingerprint density at radius 3 is 2.36 bits per heavy atom. The average molecular weight is 454 g/mol. The van der Waals surface area contributed by atoms with Gasteiger partial charge in [-0.15, -0.1) is 0 Å². The largest absolute Gasteiger partial charge is 0.872 e. The van der Waals surface area contributed by atoms with Crippen LogP contribution in [0.15, 0.2) is 35.9 Å². The van der Waals surface area contributed by atoms with E-state index in [0.717, 1.165) is 13.1 Å². The molecule has 1 aliphatic rings. The Morgan fingerprint density at radius 1 is 1.15 bits per heavy atom. The zero-order valence-electron chi connectivity index (χ0n) is 19.8. The average Bonchev–Trinajstić information content (AvgIpc) is 3.26. The Bertz CT molecular complexity index is 1080. The van der Waals surface area contributed by atoms with Crippen molar-refractivity contribution in [1.82, 2.24) is 9.88 Å². The summed E-state index contributed by atoms with van der Waals surface area (Å²) in [5, 5.41) is 13.7. The van der Waals surface area contributed by atoms with Crippen molar-refractivity contribution in [3.05, 3.63) is 64.0 Å². The minimum atomic E-state index is -0.789. The zero-order chi connectivity index (χ0) is 24.3. The van der Waals surface area contributed by atoms with Gasteiger partial charge in [-0.05, 0) is 44.4 Å². The normalized spacial score (nSPS) is 17.8. The fourth-order valence-corrected chi connectivity index (χ4v) is 4.50. The number of nitrogens with zero attached hydrogens (tertiary/aromatic N) is 1. The highest BCUT2D eigenvalue weighted by atomic mass is 16.5. The first-order valence-corrected chi connectivity index (χ1v) is 11.2. The highest BCUT2D eigenvalue weighted by Crippen LogP contribution is 2.39. The van der Waals surface area contributed by atoms with Crippen LogP contribution in [-0.2, 0) is 14.3 Å². The van der Waals surface area contributed by atoms with Crippen molar-refractivity contribution in [2.24, 2.45) is 0 Å². The number of H-pyrrole nitrogens is 1. The van der Waals surface area contributed by atoms with Crippen LogP contribution in [0.5, 0.6) is 0 Å². The third-order valence-electron chi connectivity index (χ3n) is 6.41. The van der Waals surface area contributed by atoms with Crippen LogP contribution < -0.4 is 10.0 Å². The molecule has 0 aliphatic carbocycles. The van der Waals surface area contributed by atoms with E-state index in [1.54, 1.807) is 13.8 Å². The number of carbonyl (C=O) groups excluding carboxylic acids is 3. The van der Waals surface area contributed by atoms with E-state index >= 15 is 0 Å². The Morgan fingerprint density at radius 2 is 1.79 bits per heavy atom. The molecule has 8 nitrogen and oxygen atoms in total. The molecule has 0 radical (unpaired) electrons. The molecule has 1 fully saturated rings. The molecule has 2 aromatic rings. The molecule has 3 rings (SSSR count). The number of esters is 1. The number of hydrogen-bond acceptors (Lipinski definition) is 5. The Kier molecular flexibility index (Phi) is 7.38. The molecule has 176 valence electrons. The Balaban J connectivity index is 2.16. The first-order valence-electron chi connectivity index (χ1n) is 11.2. The van der Waals surface area contributed by atoms with E-state index < -0.39 is 29.5 Å². The monoisotopic (exact) mass is 453 g/mol. The van der Waals surface area contributed by atoms with E-state index in [-0.39, 0.29) is 16.8 Å². The fraction of sp³-hybridized carbons (Fsp3) is 0.400. The van der Waals surface area contributed by atoms with E-state index in [1.165, 1.54) is 16.9 Å². The number of likely N-dealkylation sites (tertiary alicyclic amines) is 1. The van der Waals surface area contributed by atoms with Gasteiger partial charge in [0.15, 0.2) is 0 Å². The lowest BCUT2D eigenvalue weighted by molar-refractivity contribution is -0.895. The maximum atomic E-state index is 13.7. The maximum Gasteiger partial charge on any atom is 0.354 e. The smallest absolute Gasteiger partial charge is 0.354 e. The number of likely N-dealkylation sites (N-methyl/N-ethyl adjacent to an activating group) is 1. The standard InChI is InChI=1S/C25H31N3O5/c1-6-27(7-2)13-14-28-21(17-11-9-8-10-12-17)19(23(30)24(28)31)22(29)18-15(3)20(25(32)33-5)26-16(18)4/h8-12,21,26,29H,6-7,13-14H2,1-5H3. The molecular weight excluding hydrogens is 422 g/mol. The first kappa shape index (κ1) is 24.3. The molecule has 1 amide bonds. The topological polar surface area (TPSA) is 107 Å². The highest BCUT2D eigenvalue weighted by Gasteiger charge is 2.44. The molecule has 1 saturated heterocycles. The summed E-state index contributed by atoms with van der Waals surface area (Å²) in [6.07, 6.45) is 0. The van der Waals surface area contributed by atoms with Crippen molar-refractivity contribution < 1.29 is 29.1 Å². The zero-order valence-corrected chi connectivity index (χ0v) is 19.8. The van der Waals surface area contributed by atoms with Gasteiger partial charge in [0.05, 0.1) is 39.3 Å². The molecule has 2 heterocycles. The predicted octanol–water partition coefficient (Wildman–Crippen LogP) is 0.567. The third-order valence-corrected chi connectivity index (χ3v) is 6.41. The molecule has 33 heavy (non-hydrogen) atoms. The van der Waals surface area contributed by atoms with Crippen molar-refractivity contribution in [3.8, 4) is 0 Å². The van der Waals surface area contributed by atoms with Gasteiger partial charge in [-0.25, -0.2) is 4.79 Å². The van der Waals surface area contributed by atoms with Crippen LogP contribution in [-0.4, -0.2) is 60.8 Å². The summed E-state index contributed by atoms with van der Waals surface area (Å²) in [6.45, 7) is 10.3. The number of nitrogens with one attached hydrogen (secondary N) is 2. The van der Waals surface area contributed by atoms with Gasteiger partial charge in [0.25, 0.3) is 5.91 Å². The highest BCUT2D eigenvalue weighted by molar-refractivity contribution is 6.46. The van der Waals surface area contributed by atoms with Gasteiger partial charge >= 0.3 is 5.97 Å². The molecule has 0 spiro atoms. The number of Topliss-reactive ketones (excluding diaryl/α,β-unsaturated/α-hetero) is 1. The number of methoxy groups -OCH3 is 1. The van der Waals surface area contributed by atoms with Gasteiger partial charge in [0, 0.05) is 11.3 Å². The summed E-state index contributed by atoms with van der Waals surface area (Å²) in [7, 11) is 1.26. The van der Waals surface area contributed by atoms with Crippen LogP contribution in [0, 0.1) is 13.8 Å². The van der Waals surface area contributed by atoms with Crippen LogP contribution in [0.3, 0.4) is 0 Å². The number of ether oxygens (including phenoxy) is 1. The number of aryl methyl sites for hydroxylation is 1. The molecule has 1 unspecified atom stereocenters. The van der Waals surface area contributed by atoms with Gasteiger partial charge in [-0.2, -0.15) is 0 Å². The Hall–Kier alpha value is -3.39. The van der Waals surface area contributed by atoms with E-state index in [4.69, 9.17) is 4.74 Å². The lowest BCUT2D eigenvalue weighted by Gasteiger charge is -2.28. The molecule has 1 aliphatic heterocycles.